The monoisotopic (exact) mass is 179 g/mol. The highest BCUT2D eigenvalue weighted by Gasteiger charge is 2.09. The summed E-state index contributed by atoms with van der Waals surface area (Å²) in [6, 6.07) is 4.70. The molecule has 1 aromatic carbocycles. The highest BCUT2D eigenvalue weighted by molar-refractivity contribution is 5.42. The lowest BCUT2D eigenvalue weighted by Gasteiger charge is -2.11. The third-order valence-electron chi connectivity index (χ3n) is 1.93. The average molecular weight is 179 g/mol. The first kappa shape index (κ1) is 9.77. The van der Waals surface area contributed by atoms with Crippen molar-refractivity contribution in [1.82, 2.24) is 0 Å². The van der Waals surface area contributed by atoms with Crippen LogP contribution >= 0.6 is 0 Å². The molecule has 0 radical (unpaired) electrons. The van der Waals surface area contributed by atoms with Crippen LogP contribution in [0.4, 0.5) is 0 Å². The maximum absolute atomic E-state index is 9.60. The molecule has 0 spiro atoms. The second kappa shape index (κ2) is 4.07. The third-order valence-corrected chi connectivity index (χ3v) is 1.93. The molecule has 1 rings (SSSR count). The van der Waals surface area contributed by atoms with Gasteiger partial charge in [0.2, 0.25) is 0 Å². The normalized spacial score (nSPS) is 12.5. The van der Waals surface area contributed by atoms with E-state index in [1.807, 2.05) is 0 Å². The summed E-state index contributed by atoms with van der Waals surface area (Å²) in [4.78, 5) is 0. The molecule has 0 fully saturated rings. The van der Waals surface area contributed by atoms with Gasteiger partial charge in [0.05, 0.1) is 12.6 Å². The molecule has 0 saturated carbocycles. The molecule has 13 heavy (non-hydrogen) atoms. The van der Waals surface area contributed by atoms with Gasteiger partial charge in [-0.2, -0.15) is 0 Å². The van der Waals surface area contributed by atoms with Crippen molar-refractivity contribution >= 4 is 0 Å². The highest BCUT2D eigenvalue weighted by Crippen LogP contribution is 2.27. The Balaban J connectivity index is 3.14. The molecule has 3 nitrogen and oxygen atoms in total. The van der Waals surface area contributed by atoms with Crippen molar-refractivity contribution in [2.75, 3.05) is 0 Å². The zero-order valence-corrected chi connectivity index (χ0v) is 7.27. The molecule has 0 aromatic heterocycles. The number of aliphatic hydroxyl groups excluding tert-OH is 1. The number of nitrogens with two attached hydrogens (primary N) is 1. The Morgan fingerprint density at radius 1 is 1.54 bits per heavy atom. The van der Waals surface area contributed by atoms with Gasteiger partial charge >= 0.3 is 0 Å². The van der Waals surface area contributed by atoms with E-state index in [9.17, 15) is 5.11 Å². The number of rotatable bonds is 3. The van der Waals surface area contributed by atoms with Crippen molar-refractivity contribution in [3.05, 3.63) is 42.0 Å². The van der Waals surface area contributed by atoms with E-state index in [0.29, 0.717) is 11.1 Å². The van der Waals surface area contributed by atoms with Crippen LogP contribution in [0.25, 0.3) is 0 Å². The third kappa shape index (κ3) is 1.88. The van der Waals surface area contributed by atoms with E-state index >= 15 is 0 Å². The molecule has 0 heterocycles. The minimum atomic E-state index is -0.397. The Kier molecular flexibility index (Phi) is 3.06. The first-order chi connectivity index (χ1) is 6.20. The van der Waals surface area contributed by atoms with Crippen molar-refractivity contribution in [2.45, 2.75) is 12.6 Å². The largest absolute Gasteiger partial charge is 0.507 e. The van der Waals surface area contributed by atoms with Crippen LogP contribution in [0.2, 0.25) is 0 Å². The standard InChI is InChI=1S/C10H13NO2/c1-2-9(11)8-5-3-4-7(6-12)10(8)13/h2-5,9,12-13H,1,6,11H2/t9-/m1/s1. The smallest absolute Gasteiger partial charge is 0.126 e. The van der Waals surface area contributed by atoms with Gasteiger partial charge in [0.25, 0.3) is 0 Å². The first-order valence-corrected chi connectivity index (χ1v) is 4.00. The molecule has 0 aliphatic carbocycles. The molecule has 0 amide bonds. The van der Waals surface area contributed by atoms with Gasteiger partial charge in [0.1, 0.15) is 5.75 Å². The van der Waals surface area contributed by atoms with Gasteiger partial charge in [0, 0.05) is 11.1 Å². The lowest BCUT2D eigenvalue weighted by Crippen LogP contribution is -2.07. The fraction of sp³-hybridized carbons (Fsp3) is 0.200. The minimum Gasteiger partial charge on any atom is -0.507 e. The number of phenols is 1. The van der Waals surface area contributed by atoms with E-state index in [4.69, 9.17) is 10.8 Å². The van der Waals surface area contributed by atoms with Crippen molar-refractivity contribution in [3.8, 4) is 5.75 Å². The molecular weight excluding hydrogens is 166 g/mol. The van der Waals surface area contributed by atoms with Gasteiger partial charge in [0.15, 0.2) is 0 Å². The first-order valence-electron chi connectivity index (χ1n) is 4.00. The van der Waals surface area contributed by atoms with Crippen molar-refractivity contribution in [1.29, 1.82) is 0 Å². The summed E-state index contributed by atoms with van der Waals surface area (Å²) in [5.74, 6) is 0.0531. The zero-order chi connectivity index (χ0) is 9.84. The Morgan fingerprint density at radius 3 is 2.77 bits per heavy atom. The van der Waals surface area contributed by atoms with Crippen LogP contribution in [0.3, 0.4) is 0 Å². The van der Waals surface area contributed by atoms with Crippen molar-refractivity contribution in [2.24, 2.45) is 5.73 Å². The van der Waals surface area contributed by atoms with Crippen LogP contribution in [0.5, 0.6) is 5.75 Å². The fourth-order valence-corrected chi connectivity index (χ4v) is 1.13. The van der Waals surface area contributed by atoms with Crippen LogP contribution in [0.15, 0.2) is 30.9 Å². The van der Waals surface area contributed by atoms with Crippen molar-refractivity contribution < 1.29 is 10.2 Å². The van der Waals surface area contributed by atoms with Crippen LogP contribution in [-0.2, 0) is 6.61 Å². The number of hydrogen-bond donors (Lipinski definition) is 3. The second-order valence-electron chi connectivity index (χ2n) is 2.77. The Labute approximate surface area is 77.1 Å². The second-order valence-corrected chi connectivity index (χ2v) is 2.77. The van der Waals surface area contributed by atoms with Gasteiger partial charge in [-0.05, 0) is 0 Å². The summed E-state index contributed by atoms with van der Waals surface area (Å²) >= 11 is 0. The molecule has 0 aliphatic rings. The van der Waals surface area contributed by atoms with Crippen LogP contribution in [0.1, 0.15) is 17.2 Å². The average Bonchev–Trinajstić information content (AvgIpc) is 2.17. The Morgan fingerprint density at radius 2 is 2.23 bits per heavy atom. The molecular formula is C10H13NO2. The van der Waals surface area contributed by atoms with Crippen molar-refractivity contribution in [3.63, 3.8) is 0 Å². The van der Waals surface area contributed by atoms with E-state index in [2.05, 4.69) is 6.58 Å². The molecule has 1 atom stereocenters. The molecule has 0 unspecified atom stereocenters. The maximum atomic E-state index is 9.60. The lowest BCUT2D eigenvalue weighted by atomic mass is 10.0. The molecule has 0 aliphatic heterocycles. The number of aromatic hydroxyl groups is 1. The minimum absolute atomic E-state index is 0.0531. The van der Waals surface area contributed by atoms with Gasteiger partial charge in [-0.3, -0.25) is 0 Å². The summed E-state index contributed by atoms with van der Waals surface area (Å²) in [5, 5.41) is 18.5. The van der Waals surface area contributed by atoms with Crippen LogP contribution in [0, 0.1) is 0 Å². The molecule has 3 heteroatoms. The predicted molar refractivity (Wildman–Crippen MR) is 51.2 cm³/mol. The van der Waals surface area contributed by atoms with E-state index in [-0.39, 0.29) is 12.4 Å². The Hall–Kier alpha value is -1.32. The SMILES string of the molecule is C=C[C@@H](N)c1cccc(CO)c1O. The number of benzene rings is 1. The number of para-hydroxylation sites is 1. The van der Waals surface area contributed by atoms with E-state index < -0.39 is 6.04 Å². The topological polar surface area (TPSA) is 66.5 Å². The van der Waals surface area contributed by atoms with Crippen LogP contribution in [-0.4, -0.2) is 10.2 Å². The van der Waals surface area contributed by atoms with Gasteiger partial charge < -0.3 is 15.9 Å². The summed E-state index contributed by atoms with van der Waals surface area (Å²) in [6.07, 6.45) is 1.54. The Bertz CT molecular complexity index is 310. The number of aliphatic hydroxyl groups is 1. The molecule has 70 valence electrons. The van der Waals surface area contributed by atoms with Gasteiger partial charge in [-0.15, -0.1) is 6.58 Å². The van der Waals surface area contributed by atoms with E-state index in [1.165, 1.54) is 6.08 Å². The van der Waals surface area contributed by atoms with E-state index in [1.54, 1.807) is 18.2 Å². The summed E-state index contributed by atoms with van der Waals surface area (Å²) < 4.78 is 0. The van der Waals surface area contributed by atoms with Gasteiger partial charge in [-0.1, -0.05) is 24.3 Å². The summed E-state index contributed by atoms with van der Waals surface area (Å²) in [6.45, 7) is 3.34. The van der Waals surface area contributed by atoms with Crippen LogP contribution < -0.4 is 5.73 Å². The summed E-state index contributed by atoms with van der Waals surface area (Å²) in [5.41, 5.74) is 6.73. The molecule has 1 aromatic rings. The zero-order valence-electron chi connectivity index (χ0n) is 7.27. The highest BCUT2D eigenvalue weighted by atomic mass is 16.3. The summed E-state index contributed by atoms with van der Waals surface area (Å²) in [7, 11) is 0. The molecule has 0 bridgehead atoms. The fourth-order valence-electron chi connectivity index (χ4n) is 1.13. The lowest BCUT2D eigenvalue weighted by molar-refractivity contribution is 0.275. The molecule has 4 N–H and O–H groups in total. The predicted octanol–water partition coefficient (Wildman–Crippen LogP) is 1.07. The van der Waals surface area contributed by atoms with E-state index in [0.717, 1.165) is 0 Å². The quantitative estimate of drug-likeness (QED) is 0.608. The maximum Gasteiger partial charge on any atom is 0.126 e. The molecule has 0 saturated heterocycles. The van der Waals surface area contributed by atoms with Gasteiger partial charge in [-0.25, -0.2) is 0 Å². The number of hydrogen-bond acceptors (Lipinski definition) is 3.